The first kappa shape index (κ1) is 12.3. The van der Waals surface area contributed by atoms with Crippen LogP contribution < -0.4 is 11.1 Å². The van der Waals surface area contributed by atoms with E-state index in [0.29, 0.717) is 5.41 Å². The molecule has 2 aliphatic rings. The molecule has 0 bridgehead atoms. The summed E-state index contributed by atoms with van der Waals surface area (Å²) in [7, 11) is 2.22. The summed E-state index contributed by atoms with van der Waals surface area (Å²) >= 11 is 0. The second-order valence-electron chi connectivity index (χ2n) is 6.70. The first-order valence-corrected chi connectivity index (χ1v) is 6.59. The van der Waals surface area contributed by atoms with Gasteiger partial charge in [0.05, 0.1) is 0 Å². The highest BCUT2D eigenvalue weighted by Gasteiger charge is 2.39. The van der Waals surface area contributed by atoms with Gasteiger partial charge in [0.15, 0.2) is 0 Å². The van der Waals surface area contributed by atoms with Crippen molar-refractivity contribution in [3.8, 4) is 0 Å². The third-order valence-electron chi connectivity index (χ3n) is 4.45. The highest BCUT2D eigenvalue weighted by atomic mass is 15.1. The average Bonchev–Trinajstić information content (AvgIpc) is 2.75. The van der Waals surface area contributed by atoms with Gasteiger partial charge in [-0.3, -0.25) is 0 Å². The first-order chi connectivity index (χ1) is 7.41. The zero-order valence-corrected chi connectivity index (χ0v) is 11.1. The minimum Gasteiger partial charge on any atom is -0.324 e. The van der Waals surface area contributed by atoms with Gasteiger partial charge in [-0.05, 0) is 44.2 Å². The summed E-state index contributed by atoms with van der Waals surface area (Å²) in [6.45, 7) is 9.39. The van der Waals surface area contributed by atoms with Crippen LogP contribution in [-0.4, -0.2) is 43.7 Å². The zero-order chi connectivity index (χ0) is 11.8. The van der Waals surface area contributed by atoms with Crippen molar-refractivity contribution in [3.63, 3.8) is 0 Å². The minimum atomic E-state index is 0.141. The lowest BCUT2D eigenvalue weighted by Crippen LogP contribution is -2.42. The third-order valence-corrected chi connectivity index (χ3v) is 4.45. The quantitative estimate of drug-likeness (QED) is 0.735. The summed E-state index contributed by atoms with van der Waals surface area (Å²) < 4.78 is 0. The third kappa shape index (κ3) is 2.96. The van der Waals surface area contributed by atoms with E-state index in [1.54, 1.807) is 0 Å². The van der Waals surface area contributed by atoms with E-state index in [4.69, 9.17) is 5.73 Å². The molecule has 0 aromatic heterocycles. The van der Waals surface area contributed by atoms with Crippen molar-refractivity contribution in [1.82, 2.24) is 10.2 Å². The van der Waals surface area contributed by atoms with Gasteiger partial charge < -0.3 is 16.0 Å². The van der Waals surface area contributed by atoms with E-state index < -0.39 is 0 Å². The molecule has 0 spiro atoms. The van der Waals surface area contributed by atoms with Crippen LogP contribution in [-0.2, 0) is 0 Å². The van der Waals surface area contributed by atoms with Crippen LogP contribution in [0.25, 0.3) is 0 Å². The maximum absolute atomic E-state index is 6.08. The van der Waals surface area contributed by atoms with Crippen LogP contribution in [0.4, 0.5) is 0 Å². The van der Waals surface area contributed by atoms with Gasteiger partial charge in [-0.1, -0.05) is 13.8 Å². The predicted molar refractivity (Wildman–Crippen MR) is 68.4 cm³/mol. The van der Waals surface area contributed by atoms with E-state index in [0.717, 1.165) is 19.0 Å². The minimum absolute atomic E-state index is 0.141. The second-order valence-corrected chi connectivity index (χ2v) is 6.70. The lowest BCUT2D eigenvalue weighted by molar-refractivity contribution is 0.205. The molecule has 1 aliphatic carbocycles. The van der Waals surface area contributed by atoms with Crippen LogP contribution in [0.1, 0.15) is 33.1 Å². The van der Waals surface area contributed by atoms with Gasteiger partial charge in [0.25, 0.3) is 0 Å². The molecule has 1 saturated carbocycles. The van der Waals surface area contributed by atoms with Gasteiger partial charge in [-0.15, -0.1) is 0 Å². The molecule has 1 saturated heterocycles. The molecule has 1 heterocycles. The summed E-state index contributed by atoms with van der Waals surface area (Å²) in [5.74, 6) is 0.831. The Hall–Kier alpha value is -0.120. The topological polar surface area (TPSA) is 41.3 Å². The highest BCUT2D eigenvalue weighted by Crippen LogP contribution is 2.34. The maximum atomic E-state index is 6.08. The monoisotopic (exact) mass is 225 g/mol. The molecule has 1 aliphatic heterocycles. The smallest absolute Gasteiger partial charge is 0.0282 e. The largest absolute Gasteiger partial charge is 0.324 e. The van der Waals surface area contributed by atoms with E-state index in [1.807, 2.05) is 0 Å². The van der Waals surface area contributed by atoms with Crippen LogP contribution in [0.5, 0.6) is 0 Å². The Balaban J connectivity index is 1.73. The predicted octanol–water partition coefficient (Wildman–Crippen LogP) is 1.05. The first-order valence-electron chi connectivity index (χ1n) is 6.59. The Morgan fingerprint density at radius 3 is 2.62 bits per heavy atom. The number of hydrogen-bond acceptors (Lipinski definition) is 3. The van der Waals surface area contributed by atoms with E-state index in [2.05, 4.69) is 31.1 Å². The van der Waals surface area contributed by atoms with Crippen molar-refractivity contribution in [2.24, 2.45) is 17.1 Å². The van der Waals surface area contributed by atoms with Crippen LogP contribution in [0.2, 0.25) is 0 Å². The maximum Gasteiger partial charge on any atom is 0.0282 e. The number of rotatable bonds is 5. The van der Waals surface area contributed by atoms with Crippen LogP contribution in [0, 0.1) is 11.3 Å². The summed E-state index contributed by atoms with van der Waals surface area (Å²) in [5, 5.41) is 3.58. The van der Waals surface area contributed by atoms with Gasteiger partial charge in [-0.2, -0.15) is 0 Å². The molecule has 1 unspecified atom stereocenters. The number of hydrogen-bond donors (Lipinski definition) is 2. The fraction of sp³-hybridized carbons (Fsp3) is 1.00. The molecule has 0 amide bonds. The summed E-state index contributed by atoms with van der Waals surface area (Å²) in [6, 6.07) is 0. The van der Waals surface area contributed by atoms with Gasteiger partial charge in [0.2, 0.25) is 0 Å². The number of nitrogens with two attached hydrogens (primary N) is 1. The Morgan fingerprint density at radius 2 is 2.12 bits per heavy atom. The van der Waals surface area contributed by atoms with Gasteiger partial charge >= 0.3 is 0 Å². The molecule has 16 heavy (non-hydrogen) atoms. The molecule has 2 fully saturated rings. The van der Waals surface area contributed by atoms with E-state index in [-0.39, 0.29) is 5.54 Å². The molecule has 0 aromatic carbocycles. The van der Waals surface area contributed by atoms with Crippen molar-refractivity contribution in [2.75, 3.05) is 33.2 Å². The second kappa shape index (κ2) is 4.28. The fourth-order valence-electron chi connectivity index (χ4n) is 2.69. The number of nitrogens with one attached hydrogen (secondary N) is 1. The Morgan fingerprint density at radius 1 is 1.44 bits per heavy atom. The molecular formula is C13H27N3. The molecule has 0 aromatic rings. The molecule has 3 N–H and O–H groups in total. The van der Waals surface area contributed by atoms with Crippen molar-refractivity contribution in [1.29, 1.82) is 0 Å². The molecule has 0 radical (unpaired) electrons. The van der Waals surface area contributed by atoms with E-state index in [9.17, 15) is 0 Å². The van der Waals surface area contributed by atoms with Crippen LogP contribution in [0.15, 0.2) is 0 Å². The Bertz CT molecular complexity index is 246. The van der Waals surface area contributed by atoms with Crippen molar-refractivity contribution in [2.45, 2.75) is 38.6 Å². The summed E-state index contributed by atoms with van der Waals surface area (Å²) in [4.78, 5) is 2.44. The van der Waals surface area contributed by atoms with Crippen molar-refractivity contribution < 1.29 is 0 Å². The number of nitrogens with zero attached hydrogens (tertiary/aromatic N) is 1. The Kier molecular flexibility index (Phi) is 3.30. The van der Waals surface area contributed by atoms with E-state index in [1.165, 1.54) is 32.4 Å². The summed E-state index contributed by atoms with van der Waals surface area (Å²) in [6.07, 6.45) is 3.75. The van der Waals surface area contributed by atoms with Crippen LogP contribution >= 0.6 is 0 Å². The van der Waals surface area contributed by atoms with E-state index >= 15 is 0 Å². The number of likely N-dealkylation sites (tertiary alicyclic amines) is 1. The van der Waals surface area contributed by atoms with Crippen LogP contribution in [0.3, 0.4) is 0 Å². The molecule has 1 atom stereocenters. The van der Waals surface area contributed by atoms with Gasteiger partial charge in [0, 0.05) is 25.2 Å². The normalized spacial score (nSPS) is 29.6. The van der Waals surface area contributed by atoms with Crippen molar-refractivity contribution in [3.05, 3.63) is 0 Å². The molecule has 3 nitrogen and oxygen atoms in total. The molecule has 94 valence electrons. The Labute approximate surface area is 99.8 Å². The lowest BCUT2D eigenvalue weighted by atomic mass is 9.78. The fourth-order valence-corrected chi connectivity index (χ4v) is 2.69. The van der Waals surface area contributed by atoms with Gasteiger partial charge in [0.1, 0.15) is 0 Å². The zero-order valence-electron chi connectivity index (χ0n) is 11.1. The lowest BCUT2D eigenvalue weighted by Gasteiger charge is -2.32. The van der Waals surface area contributed by atoms with Crippen molar-refractivity contribution >= 4 is 0 Å². The highest BCUT2D eigenvalue weighted by molar-refractivity contribution is 5.01. The summed E-state index contributed by atoms with van der Waals surface area (Å²) in [5.41, 5.74) is 6.62. The standard InChI is InChI=1S/C13H27N3/c1-12(2,11-4-7-16(3)8-11)9-15-10-13(14)5-6-13/h11,15H,4-10,14H2,1-3H3. The molecule has 3 heteroatoms. The SMILES string of the molecule is CN1CCC(C(C)(C)CNCC2(N)CC2)C1. The average molecular weight is 225 g/mol. The molecular weight excluding hydrogens is 198 g/mol. The molecule has 2 rings (SSSR count). The van der Waals surface area contributed by atoms with Gasteiger partial charge in [-0.25, -0.2) is 0 Å².